The van der Waals surface area contributed by atoms with Crippen LogP contribution in [0.4, 0.5) is 0 Å². The summed E-state index contributed by atoms with van der Waals surface area (Å²) in [5.74, 6) is 1.77. The zero-order valence-corrected chi connectivity index (χ0v) is 13.3. The minimum Gasteiger partial charge on any atom is -0.344 e. The molecule has 1 aliphatic carbocycles. The number of thioether (sulfide) groups is 1. The lowest BCUT2D eigenvalue weighted by Crippen LogP contribution is -2.49. The summed E-state index contributed by atoms with van der Waals surface area (Å²) in [5.41, 5.74) is 0. The van der Waals surface area contributed by atoms with Crippen molar-refractivity contribution >= 4 is 23.6 Å². The Morgan fingerprint density at radius 2 is 2.23 bits per heavy atom. The summed E-state index contributed by atoms with van der Waals surface area (Å²) in [4.78, 5) is 30.7. The van der Waals surface area contributed by atoms with Gasteiger partial charge in [-0.3, -0.25) is 9.59 Å². The largest absolute Gasteiger partial charge is 0.344 e. The Morgan fingerprint density at radius 1 is 1.45 bits per heavy atom. The monoisotopic (exact) mass is 324 g/mol. The van der Waals surface area contributed by atoms with E-state index in [2.05, 4.69) is 20.0 Å². The fraction of sp³-hybridized carbons (Fsp3) is 0.714. The molecule has 2 amide bonds. The molecule has 1 saturated carbocycles. The van der Waals surface area contributed by atoms with Crippen LogP contribution in [0.5, 0.6) is 0 Å². The molecular formula is C14H20N4O3S. The van der Waals surface area contributed by atoms with Gasteiger partial charge >= 0.3 is 0 Å². The van der Waals surface area contributed by atoms with Crippen LogP contribution >= 0.6 is 11.8 Å². The van der Waals surface area contributed by atoms with Crippen LogP contribution in [0.2, 0.25) is 0 Å². The van der Waals surface area contributed by atoms with Crippen LogP contribution in [0.15, 0.2) is 10.9 Å². The minimum atomic E-state index is -0.396. The number of hydrogen-bond donors (Lipinski definition) is 1. The van der Waals surface area contributed by atoms with E-state index in [9.17, 15) is 9.59 Å². The van der Waals surface area contributed by atoms with Crippen molar-refractivity contribution in [3.8, 4) is 0 Å². The van der Waals surface area contributed by atoms with Crippen LogP contribution in [0, 0.1) is 5.92 Å². The van der Waals surface area contributed by atoms with Crippen LogP contribution in [0.1, 0.15) is 44.5 Å². The highest BCUT2D eigenvalue weighted by atomic mass is 32.2. The van der Waals surface area contributed by atoms with Gasteiger partial charge in [0.15, 0.2) is 5.82 Å². The van der Waals surface area contributed by atoms with Gasteiger partial charge in [0.2, 0.25) is 18.2 Å². The van der Waals surface area contributed by atoms with Crippen LogP contribution in [-0.4, -0.2) is 44.5 Å². The summed E-state index contributed by atoms with van der Waals surface area (Å²) in [5, 5.41) is 6.59. The van der Waals surface area contributed by atoms with Gasteiger partial charge in [-0.25, -0.2) is 0 Å². The second kappa shape index (κ2) is 6.68. The van der Waals surface area contributed by atoms with Crippen molar-refractivity contribution in [2.45, 2.75) is 44.7 Å². The molecule has 7 nitrogen and oxygen atoms in total. The zero-order chi connectivity index (χ0) is 15.5. The number of amides is 2. The van der Waals surface area contributed by atoms with E-state index in [-0.39, 0.29) is 23.8 Å². The van der Waals surface area contributed by atoms with Gasteiger partial charge in [0, 0.05) is 11.7 Å². The standard InChI is InChI=1S/C14H20N4O3S/c1-9(12-15-7-21-17-12)16-13(19)11-6-22-8-18(11)14(20)10-4-2-3-5-10/h7,9-11H,2-6,8H2,1H3,(H,16,19)/t9-,11-/m0/s1. The first-order valence-electron chi connectivity index (χ1n) is 7.61. The van der Waals surface area contributed by atoms with E-state index in [0.29, 0.717) is 17.5 Å². The summed E-state index contributed by atoms with van der Waals surface area (Å²) < 4.78 is 4.69. The Labute approximate surface area is 133 Å². The molecular weight excluding hydrogens is 304 g/mol. The summed E-state index contributed by atoms with van der Waals surface area (Å²) in [6.07, 6.45) is 5.37. The highest BCUT2D eigenvalue weighted by Crippen LogP contribution is 2.31. The number of carbonyl (C=O) groups excluding carboxylic acids is 2. The molecule has 1 aliphatic heterocycles. The van der Waals surface area contributed by atoms with Gasteiger partial charge in [-0.05, 0) is 19.8 Å². The lowest BCUT2D eigenvalue weighted by atomic mass is 10.1. The van der Waals surface area contributed by atoms with Gasteiger partial charge in [0.05, 0.1) is 11.9 Å². The van der Waals surface area contributed by atoms with Crippen LogP contribution in [0.25, 0.3) is 0 Å². The van der Waals surface area contributed by atoms with Crippen LogP contribution in [0.3, 0.4) is 0 Å². The van der Waals surface area contributed by atoms with E-state index >= 15 is 0 Å². The molecule has 0 bridgehead atoms. The molecule has 1 aromatic heterocycles. The maximum atomic E-state index is 12.6. The van der Waals surface area contributed by atoms with Gasteiger partial charge in [0.25, 0.3) is 0 Å². The Morgan fingerprint density at radius 3 is 2.91 bits per heavy atom. The molecule has 0 unspecified atom stereocenters. The SMILES string of the molecule is C[C@H](NC(=O)[C@@H]1CSCN1C(=O)C1CCCC1)c1ncon1. The molecule has 8 heteroatoms. The molecule has 2 fully saturated rings. The average Bonchev–Trinajstić information content (AvgIpc) is 3.27. The Hall–Kier alpha value is -1.57. The third-order valence-electron chi connectivity index (χ3n) is 4.30. The Bertz CT molecular complexity index is 530. The van der Waals surface area contributed by atoms with E-state index in [1.165, 1.54) is 6.39 Å². The minimum absolute atomic E-state index is 0.101. The van der Waals surface area contributed by atoms with E-state index in [4.69, 9.17) is 0 Å². The predicted octanol–water partition coefficient (Wildman–Crippen LogP) is 1.34. The van der Waals surface area contributed by atoms with E-state index < -0.39 is 6.04 Å². The van der Waals surface area contributed by atoms with E-state index in [1.54, 1.807) is 23.6 Å². The van der Waals surface area contributed by atoms with Crippen LogP contribution < -0.4 is 5.32 Å². The number of rotatable bonds is 4. The van der Waals surface area contributed by atoms with Crippen molar-refractivity contribution in [1.29, 1.82) is 0 Å². The van der Waals surface area contributed by atoms with Gasteiger partial charge in [-0.1, -0.05) is 18.0 Å². The lowest BCUT2D eigenvalue weighted by Gasteiger charge is -2.26. The smallest absolute Gasteiger partial charge is 0.244 e. The first-order valence-corrected chi connectivity index (χ1v) is 8.77. The molecule has 1 aromatic rings. The van der Waals surface area contributed by atoms with Crippen molar-refractivity contribution in [1.82, 2.24) is 20.4 Å². The quantitative estimate of drug-likeness (QED) is 0.899. The first-order chi connectivity index (χ1) is 10.7. The van der Waals surface area contributed by atoms with E-state index in [1.807, 2.05) is 0 Å². The van der Waals surface area contributed by atoms with E-state index in [0.717, 1.165) is 25.7 Å². The number of carbonyl (C=O) groups is 2. The highest BCUT2D eigenvalue weighted by molar-refractivity contribution is 7.99. The maximum Gasteiger partial charge on any atom is 0.244 e. The third kappa shape index (κ3) is 3.11. The van der Waals surface area contributed by atoms with Gasteiger partial charge in [-0.15, -0.1) is 11.8 Å². The van der Waals surface area contributed by atoms with Gasteiger partial charge in [0.1, 0.15) is 6.04 Å². The molecule has 0 aromatic carbocycles. The highest BCUT2D eigenvalue weighted by Gasteiger charge is 2.38. The maximum absolute atomic E-state index is 12.6. The molecule has 1 saturated heterocycles. The fourth-order valence-electron chi connectivity index (χ4n) is 3.03. The number of hydrogen-bond acceptors (Lipinski definition) is 6. The van der Waals surface area contributed by atoms with Crippen molar-refractivity contribution in [3.63, 3.8) is 0 Å². The topological polar surface area (TPSA) is 88.3 Å². The molecule has 0 radical (unpaired) electrons. The van der Waals surface area contributed by atoms with Gasteiger partial charge < -0.3 is 14.7 Å². The van der Waals surface area contributed by atoms with Crippen LogP contribution in [-0.2, 0) is 9.59 Å². The second-order valence-electron chi connectivity index (χ2n) is 5.82. The Kier molecular flexibility index (Phi) is 4.66. The summed E-state index contributed by atoms with van der Waals surface area (Å²) in [6.45, 7) is 1.80. The second-order valence-corrected chi connectivity index (χ2v) is 6.82. The predicted molar refractivity (Wildman–Crippen MR) is 80.8 cm³/mol. The summed E-state index contributed by atoms with van der Waals surface area (Å²) in [6, 6.07) is -0.729. The van der Waals surface area contributed by atoms with Crippen molar-refractivity contribution in [2.75, 3.05) is 11.6 Å². The summed E-state index contributed by atoms with van der Waals surface area (Å²) in [7, 11) is 0. The molecule has 3 rings (SSSR count). The molecule has 1 N–H and O–H groups in total. The molecule has 120 valence electrons. The first kappa shape index (κ1) is 15.3. The Balaban J connectivity index is 1.62. The van der Waals surface area contributed by atoms with Crippen molar-refractivity contribution in [2.24, 2.45) is 5.92 Å². The summed E-state index contributed by atoms with van der Waals surface area (Å²) >= 11 is 1.62. The number of aromatic nitrogens is 2. The molecule has 2 aliphatic rings. The molecule has 0 spiro atoms. The number of nitrogens with one attached hydrogen (secondary N) is 1. The fourth-order valence-corrected chi connectivity index (χ4v) is 4.19. The average molecular weight is 324 g/mol. The van der Waals surface area contributed by atoms with Crippen molar-refractivity contribution < 1.29 is 14.1 Å². The lowest BCUT2D eigenvalue weighted by molar-refractivity contribution is -0.141. The molecule has 2 heterocycles. The van der Waals surface area contributed by atoms with Gasteiger partial charge in [-0.2, -0.15) is 4.98 Å². The van der Waals surface area contributed by atoms with Crippen molar-refractivity contribution in [3.05, 3.63) is 12.2 Å². The normalized spacial score (nSPS) is 23.7. The number of nitrogens with zero attached hydrogens (tertiary/aromatic N) is 3. The molecule has 2 atom stereocenters. The molecule has 22 heavy (non-hydrogen) atoms. The third-order valence-corrected chi connectivity index (χ3v) is 5.31. The zero-order valence-electron chi connectivity index (χ0n) is 12.5.